The highest BCUT2D eigenvalue weighted by molar-refractivity contribution is 5.91. The molecule has 1 aliphatic carbocycles. The number of halogens is 2. The van der Waals surface area contributed by atoms with Gasteiger partial charge in [-0.1, -0.05) is 54.6 Å². The van der Waals surface area contributed by atoms with Crippen LogP contribution in [0.1, 0.15) is 75.0 Å². The fourth-order valence-electron chi connectivity index (χ4n) is 11.2. The topological polar surface area (TPSA) is 77.7 Å². The summed E-state index contributed by atoms with van der Waals surface area (Å²) >= 11 is 0. The standard InChI is InChI=1S/C38H48N2O6.2ClH/c1-5-39(3)28-18-23(19-29(39)33-32(28)45-33)43-36(41)26-16-17-38(22-12-8-7-9-13-22,27-15-11-10-14-25(26)27)37(42)44-24-20-30-34-35(46-34)31(21-24)40(30,4)6-2;;/h7-15,23-24,26,28-35H,5-6,16-21H2,1-4H3;2*1H/q+2;;/p-2/t23?,24?,26-,28-,29+,30-,31+,32?,33?,34?,35?,38+,39?,40?;;/m0../s1. The second kappa shape index (κ2) is 12.0. The Morgan fingerprint density at radius 3 is 1.73 bits per heavy atom. The molecule has 9 rings (SSSR count). The maximum Gasteiger partial charge on any atom is 0.321 e. The molecular formula is C38H48Cl2N2O6. The quantitative estimate of drug-likeness (QED) is 0.194. The molecule has 7 aliphatic rings. The Labute approximate surface area is 296 Å². The number of carbonyl (C=O) groups excluding carboxylic acids is 2. The Kier molecular flexibility index (Phi) is 8.53. The lowest BCUT2D eigenvalue weighted by molar-refractivity contribution is -0.954. The Morgan fingerprint density at radius 1 is 0.729 bits per heavy atom. The Morgan fingerprint density at radius 2 is 1.21 bits per heavy atom. The van der Waals surface area contributed by atoms with Crippen molar-refractivity contribution in [2.45, 2.75) is 124 Å². The third-order valence-corrected chi connectivity index (χ3v) is 14.1. The SMILES string of the molecule is CC[N+]1(C)[C@@H]2CC(OC(=O)[C@H]3CC[C@@](C(=O)OC4C[C@@H]5C6OC6[C@H](C4)[N+]5(C)CC)(c4ccccc4)c4ccccc43)C[C@H]1C1OC12.[Cl-].[Cl-]. The van der Waals surface area contributed by atoms with E-state index >= 15 is 0 Å². The van der Waals surface area contributed by atoms with Crippen LogP contribution < -0.4 is 24.8 Å². The highest BCUT2D eigenvalue weighted by Gasteiger charge is 2.73. The first kappa shape index (κ1) is 34.3. The molecule has 0 spiro atoms. The van der Waals surface area contributed by atoms with Gasteiger partial charge < -0.3 is 52.7 Å². The number of hydrogen-bond acceptors (Lipinski definition) is 6. The maximum atomic E-state index is 14.7. The van der Waals surface area contributed by atoms with E-state index in [9.17, 15) is 9.59 Å². The average molecular weight is 700 g/mol. The summed E-state index contributed by atoms with van der Waals surface area (Å²) in [6.45, 7) is 6.67. The van der Waals surface area contributed by atoms with Crippen molar-refractivity contribution in [2.24, 2.45) is 0 Å². The van der Waals surface area contributed by atoms with Crippen molar-refractivity contribution < 1.29 is 62.3 Å². The molecule has 48 heavy (non-hydrogen) atoms. The van der Waals surface area contributed by atoms with Gasteiger partial charge in [0.05, 0.1) is 33.1 Å². The van der Waals surface area contributed by atoms with Gasteiger partial charge in [-0.2, -0.15) is 0 Å². The molecule has 2 aromatic rings. The van der Waals surface area contributed by atoms with Crippen LogP contribution in [0.15, 0.2) is 54.6 Å². The van der Waals surface area contributed by atoms with E-state index in [1.54, 1.807) is 0 Å². The van der Waals surface area contributed by atoms with Crippen LogP contribution in [0.3, 0.4) is 0 Å². The third-order valence-electron chi connectivity index (χ3n) is 14.1. The van der Waals surface area contributed by atoms with Crippen LogP contribution in [0.5, 0.6) is 0 Å². The molecule has 2 aromatic carbocycles. The van der Waals surface area contributed by atoms with E-state index in [-0.39, 0.29) is 49.0 Å². The molecule has 260 valence electrons. The van der Waals surface area contributed by atoms with Gasteiger partial charge in [0.2, 0.25) is 0 Å². The summed E-state index contributed by atoms with van der Waals surface area (Å²) in [6, 6.07) is 19.6. The summed E-state index contributed by atoms with van der Waals surface area (Å²) in [5.41, 5.74) is 1.73. The monoisotopic (exact) mass is 698 g/mol. The second-order valence-corrected chi connectivity index (χ2v) is 15.7. The smallest absolute Gasteiger partial charge is 0.321 e. The van der Waals surface area contributed by atoms with Crippen molar-refractivity contribution in [1.29, 1.82) is 0 Å². The zero-order valence-corrected chi connectivity index (χ0v) is 29.8. The number of benzene rings is 2. The van der Waals surface area contributed by atoms with Gasteiger partial charge in [0, 0.05) is 25.7 Å². The van der Waals surface area contributed by atoms with E-state index in [0.29, 0.717) is 61.4 Å². The summed E-state index contributed by atoms with van der Waals surface area (Å²) < 4.78 is 27.1. The summed E-state index contributed by atoms with van der Waals surface area (Å²) in [5.74, 6) is -0.756. The van der Waals surface area contributed by atoms with E-state index < -0.39 is 11.3 Å². The van der Waals surface area contributed by atoms with E-state index in [2.05, 4.69) is 27.9 Å². The summed E-state index contributed by atoms with van der Waals surface area (Å²) in [5, 5.41) is 0. The molecular weight excluding hydrogens is 651 g/mol. The molecule has 6 aliphatic heterocycles. The van der Waals surface area contributed by atoms with Crippen LogP contribution in [-0.4, -0.2) is 109 Å². The number of fused-ring (bicyclic) bond motifs is 11. The van der Waals surface area contributed by atoms with Gasteiger partial charge in [0.15, 0.2) is 0 Å². The molecule has 14 atom stereocenters. The summed E-state index contributed by atoms with van der Waals surface area (Å²) in [6.07, 6.45) is 5.45. The molecule has 0 radical (unpaired) electrons. The molecule has 8 nitrogen and oxygen atoms in total. The Balaban J connectivity index is 0.00000182. The largest absolute Gasteiger partial charge is 1.00 e. The molecule has 6 fully saturated rings. The van der Waals surface area contributed by atoms with Gasteiger partial charge in [-0.25, -0.2) is 0 Å². The normalized spacial score (nSPS) is 45.3. The first-order valence-corrected chi connectivity index (χ1v) is 17.8. The van der Waals surface area contributed by atoms with Gasteiger partial charge in [-0.15, -0.1) is 0 Å². The molecule has 0 N–H and O–H groups in total. The first-order chi connectivity index (χ1) is 22.2. The van der Waals surface area contributed by atoms with E-state index in [1.807, 2.05) is 54.6 Å². The van der Waals surface area contributed by atoms with Gasteiger partial charge >= 0.3 is 11.9 Å². The number of ether oxygens (including phenoxy) is 4. The maximum absolute atomic E-state index is 14.7. The van der Waals surface area contributed by atoms with Gasteiger partial charge in [0.1, 0.15) is 66.2 Å². The highest BCUT2D eigenvalue weighted by atomic mass is 35.5. The lowest BCUT2D eigenvalue weighted by Crippen LogP contribution is -3.00. The van der Waals surface area contributed by atoms with Crippen molar-refractivity contribution in [1.82, 2.24) is 0 Å². The molecule has 6 saturated heterocycles. The van der Waals surface area contributed by atoms with Gasteiger partial charge in [-0.3, -0.25) is 9.59 Å². The minimum Gasteiger partial charge on any atom is -1.00 e. The molecule has 0 aromatic heterocycles. The fourth-order valence-corrected chi connectivity index (χ4v) is 11.2. The Hall–Kier alpha value is -2.20. The third kappa shape index (κ3) is 4.69. The Bertz CT molecular complexity index is 1540. The van der Waals surface area contributed by atoms with Crippen molar-refractivity contribution >= 4 is 11.9 Å². The van der Waals surface area contributed by atoms with Crippen LogP contribution in [0, 0.1) is 0 Å². The summed E-state index contributed by atoms with van der Waals surface area (Å²) in [4.78, 5) is 28.8. The predicted octanol–water partition coefficient (Wildman–Crippen LogP) is -1.76. The number of likely N-dealkylation sites (N-methyl/N-ethyl adjacent to an activating group) is 2. The lowest BCUT2D eigenvalue weighted by Gasteiger charge is -2.48. The van der Waals surface area contributed by atoms with Gasteiger partial charge in [0.25, 0.3) is 0 Å². The lowest BCUT2D eigenvalue weighted by atomic mass is 9.63. The molecule has 6 heterocycles. The van der Waals surface area contributed by atoms with Crippen LogP contribution in [0.25, 0.3) is 0 Å². The van der Waals surface area contributed by atoms with Crippen LogP contribution in [-0.2, 0) is 34.0 Å². The summed E-state index contributed by atoms with van der Waals surface area (Å²) in [7, 11) is 4.69. The number of hydrogen-bond donors (Lipinski definition) is 0. The van der Waals surface area contributed by atoms with Crippen molar-refractivity contribution in [3.05, 3.63) is 71.3 Å². The number of rotatable bonds is 7. The number of morpholine rings is 2. The van der Waals surface area contributed by atoms with E-state index in [1.165, 1.54) is 0 Å². The second-order valence-electron chi connectivity index (χ2n) is 15.7. The minimum atomic E-state index is -0.976. The van der Waals surface area contributed by atoms with Crippen LogP contribution >= 0.6 is 0 Å². The van der Waals surface area contributed by atoms with Crippen molar-refractivity contribution in [3.63, 3.8) is 0 Å². The van der Waals surface area contributed by atoms with E-state index in [4.69, 9.17) is 18.9 Å². The highest BCUT2D eigenvalue weighted by Crippen LogP contribution is 2.55. The van der Waals surface area contributed by atoms with Crippen molar-refractivity contribution in [3.8, 4) is 0 Å². The number of epoxide rings is 2. The number of nitrogens with zero attached hydrogens (tertiary/aromatic N) is 2. The number of quaternary nitrogens is 2. The zero-order valence-electron chi connectivity index (χ0n) is 28.3. The molecule has 8 unspecified atom stereocenters. The van der Waals surface area contributed by atoms with Gasteiger partial charge in [-0.05, 0) is 43.4 Å². The minimum absolute atomic E-state index is 0. The number of piperidine rings is 2. The number of esters is 2. The molecule has 10 heteroatoms. The molecule has 0 saturated carbocycles. The van der Waals surface area contributed by atoms with Crippen LogP contribution in [0.2, 0.25) is 0 Å². The van der Waals surface area contributed by atoms with E-state index in [0.717, 1.165) is 64.4 Å². The first-order valence-electron chi connectivity index (χ1n) is 17.8. The molecule has 4 bridgehead atoms. The average Bonchev–Trinajstić information content (AvgIpc) is 3.99. The predicted molar refractivity (Wildman–Crippen MR) is 170 cm³/mol. The fraction of sp³-hybridized carbons (Fsp3) is 0.632. The zero-order chi connectivity index (χ0) is 31.6. The number of carbonyl (C=O) groups is 2. The van der Waals surface area contributed by atoms with Crippen molar-refractivity contribution in [2.75, 3.05) is 27.2 Å². The molecule has 0 amide bonds. The van der Waals surface area contributed by atoms with Crippen LogP contribution in [0.4, 0.5) is 0 Å².